The number of nitrogens with zero attached hydrogens (tertiary/aromatic N) is 1. The number of rotatable bonds is 4. The Balaban J connectivity index is 1.59. The van der Waals surface area contributed by atoms with Crippen LogP contribution in [0.5, 0.6) is 0 Å². The quantitative estimate of drug-likeness (QED) is 0.758. The summed E-state index contributed by atoms with van der Waals surface area (Å²) in [5.74, 6) is -1.01. The van der Waals surface area contributed by atoms with Crippen LogP contribution in [0.3, 0.4) is 0 Å². The Morgan fingerprint density at radius 2 is 1.83 bits per heavy atom. The van der Waals surface area contributed by atoms with Gasteiger partial charge in [-0.15, -0.1) is 11.8 Å². The number of hydrogen-bond acceptors (Lipinski definition) is 4. The van der Waals surface area contributed by atoms with Crippen molar-refractivity contribution in [3.05, 3.63) is 59.2 Å². The number of carbonyl (C=O) groups excluding carboxylic acids is 1. The predicted molar refractivity (Wildman–Crippen MR) is 111 cm³/mol. The van der Waals surface area contributed by atoms with Crippen LogP contribution in [0.15, 0.2) is 46.2 Å². The van der Waals surface area contributed by atoms with E-state index < -0.39 is 32.7 Å². The molecule has 30 heavy (non-hydrogen) atoms. The minimum Gasteiger partial charge on any atom is -0.345 e. The van der Waals surface area contributed by atoms with Crippen LogP contribution in [0.1, 0.15) is 47.6 Å². The third-order valence-corrected chi connectivity index (χ3v) is 8.48. The Hall–Kier alpha value is -1.97. The van der Waals surface area contributed by atoms with Gasteiger partial charge in [0.1, 0.15) is 16.5 Å². The number of thioether (sulfide) groups is 1. The summed E-state index contributed by atoms with van der Waals surface area (Å²) in [7, 11) is -4.01. The molecule has 1 saturated heterocycles. The van der Waals surface area contributed by atoms with Crippen LogP contribution in [0, 0.1) is 11.6 Å². The third-order valence-electron chi connectivity index (χ3n) is 5.44. The van der Waals surface area contributed by atoms with Gasteiger partial charge in [0.15, 0.2) is 0 Å². The maximum atomic E-state index is 14.4. The van der Waals surface area contributed by atoms with Crippen molar-refractivity contribution in [1.82, 2.24) is 9.62 Å². The van der Waals surface area contributed by atoms with Gasteiger partial charge in [0.25, 0.3) is 5.91 Å². The normalized spacial score (nSPS) is 19.9. The lowest BCUT2D eigenvalue weighted by Crippen LogP contribution is -2.36. The fourth-order valence-corrected chi connectivity index (χ4v) is 6.56. The van der Waals surface area contributed by atoms with Crippen molar-refractivity contribution < 1.29 is 22.0 Å². The van der Waals surface area contributed by atoms with Crippen molar-refractivity contribution >= 4 is 27.7 Å². The first-order valence-corrected chi connectivity index (χ1v) is 12.3. The van der Waals surface area contributed by atoms with Gasteiger partial charge >= 0.3 is 0 Å². The molecule has 0 spiro atoms. The summed E-state index contributed by atoms with van der Waals surface area (Å²) in [5, 5.41) is 2.85. The van der Waals surface area contributed by atoms with Gasteiger partial charge in [-0.25, -0.2) is 17.2 Å². The second-order valence-electron chi connectivity index (χ2n) is 7.46. The summed E-state index contributed by atoms with van der Waals surface area (Å²) in [6, 6.07) is 7.46. The smallest absolute Gasteiger partial charge is 0.251 e. The monoisotopic (exact) mass is 452 g/mol. The second-order valence-corrected chi connectivity index (χ2v) is 10.5. The van der Waals surface area contributed by atoms with Crippen molar-refractivity contribution in [2.24, 2.45) is 0 Å². The first-order valence-electron chi connectivity index (χ1n) is 9.89. The Bertz CT molecular complexity index is 1070. The number of amides is 1. The van der Waals surface area contributed by atoms with Gasteiger partial charge in [0, 0.05) is 29.3 Å². The number of piperidine rings is 1. The lowest BCUT2D eigenvalue weighted by molar-refractivity contribution is 0.0934. The van der Waals surface area contributed by atoms with E-state index in [1.165, 1.54) is 22.5 Å². The molecule has 0 unspecified atom stereocenters. The highest BCUT2D eigenvalue weighted by Crippen LogP contribution is 2.36. The topological polar surface area (TPSA) is 66.5 Å². The molecule has 1 N–H and O–H groups in total. The summed E-state index contributed by atoms with van der Waals surface area (Å²) in [5.41, 5.74) is 0.756. The van der Waals surface area contributed by atoms with Gasteiger partial charge in [-0.3, -0.25) is 4.79 Å². The fraction of sp³-hybridized carbons (Fsp3) is 0.381. The molecule has 0 bridgehead atoms. The number of fused-ring (bicyclic) bond motifs is 1. The Morgan fingerprint density at radius 1 is 1.07 bits per heavy atom. The summed E-state index contributed by atoms with van der Waals surface area (Å²) < 4.78 is 55.1. The van der Waals surface area contributed by atoms with E-state index in [9.17, 15) is 22.0 Å². The fourth-order valence-electron chi connectivity index (χ4n) is 3.84. The Morgan fingerprint density at radius 3 is 2.60 bits per heavy atom. The second kappa shape index (κ2) is 8.64. The van der Waals surface area contributed by atoms with Gasteiger partial charge in [0.05, 0.1) is 6.04 Å². The molecule has 2 aromatic rings. The van der Waals surface area contributed by atoms with Crippen molar-refractivity contribution in [3.63, 3.8) is 0 Å². The third kappa shape index (κ3) is 4.24. The van der Waals surface area contributed by atoms with Crippen LogP contribution >= 0.6 is 11.8 Å². The molecule has 4 rings (SSSR count). The van der Waals surface area contributed by atoms with E-state index in [-0.39, 0.29) is 11.4 Å². The molecule has 0 saturated carbocycles. The number of benzene rings is 2. The molecule has 0 radical (unpaired) electrons. The van der Waals surface area contributed by atoms with Gasteiger partial charge in [-0.2, -0.15) is 4.31 Å². The molecule has 5 nitrogen and oxygen atoms in total. The Labute approximate surface area is 178 Å². The van der Waals surface area contributed by atoms with Crippen LogP contribution in [0.4, 0.5) is 8.78 Å². The van der Waals surface area contributed by atoms with Gasteiger partial charge in [0.2, 0.25) is 10.0 Å². The van der Waals surface area contributed by atoms with E-state index in [0.717, 1.165) is 42.0 Å². The summed E-state index contributed by atoms with van der Waals surface area (Å²) in [4.78, 5) is 13.3. The summed E-state index contributed by atoms with van der Waals surface area (Å²) >= 11 is 1.60. The number of carbonyl (C=O) groups is 1. The van der Waals surface area contributed by atoms with Crippen LogP contribution in [0.25, 0.3) is 0 Å². The molecule has 9 heteroatoms. The van der Waals surface area contributed by atoms with Gasteiger partial charge in [-0.05, 0) is 61.2 Å². The highest BCUT2D eigenvalue weighted by Gasteiger charge is 2.30. The first-order chi connectivity index (χ1) is 14.4. The van der Waals surface area contributed by atoms with Crippen LogP contribution in [-0.4, -0.2) is 37.5 Å². The van der Waals surface area contributed by atoms with Crippen molar-refractivity contribution in [3.8, 4) is 0 Å². The highest BCUT2D eigenvalue weighted by molar-refractivity contribution is 7.99. The molecular weight excluding hydrogens is 430 g/mol. The molecule has 2 aromatic carbocycles. The zero-order valence-corrected chi connectivity index (χ0v) is 17.9. The standard InChI is InChI=1S/C21H22F2N2O3S2/c22-15-5-7-19-16(13-15)18(8-11-29-19)24-21(26)14-4-6-17(23)20(12-14)30(27,28)25-9-2-1-3-10-25/h4-7,12-13,18H,1-3,8-11H2,(H,24,26)/t18-/m0/s1. The molecule has 2 aliphatic heterocycles. The first kappa shape index (κ1) is 21.3. The SMILES string of the molecule is O=C(N[C@H]1CCSc2ccc(F)cc21)c1ccc(F)c(S(=O)(=O)N2CCCCC2)c1. The number of halogens is 2. The molecule has 0 aromatic heterocycles. The van der Waals surface area contributed by atoms with E-state index in [1.807, 2.05) is 0 Å². The predicted octanol–water partition coefficient (Wildman–Crippen LogP) is 4.11. The van der Waals surface area contributed by atoms with E-state index in [2.05, 4.69) is 5.32 Å². The number of hydrogen-bond donors (Lipinski definition) is 1. The largest absolute Gasteiger partial charge is 0.345 e. The lowest BCUT2D eigenvalue weighted by atomic mass is 10.0. The number of sulfonamides is 1. The van der Waals surface area contributed by atoms with Crippen molar-refractivity contribution in [2.75, 3.05) is 18.8 Å². The minimum absolute atomic E-state index is 0.0585. The minimum atomic E-state index is -4.01. The molecule has 160 valence electrons. The molecule has 2 heterocycles. The van der Waals surface area contributed by atoms with Gasteiger partial charge in [-0.1, -0.05) is 6.42 Å². The maximum Gasteiger partial charge on any atom is 0.251 e. The average molecular weight is 453 g/mol. The molecular formula is C21H22F2N2O3S2. The summed E-state index contributed by atoms with van der Waals surface area (Å²) in [6.07, 6.45) is 3.03. The van der Waals surface area contributed by atoms with Gasteiger partial charge < -0.3 is 5.32 Å². The van der Waals surface area contributed by atoms with Crippen molar-refractivity contribution in [2.45, 2.75) is 41.5 Å². The summed E-state index contributed by atoms with van der Waals surface area (Å²) in [6.45, 7) is 0.695. The highest BCUT2D eigenvalue weighted by atomic mass is 32.2. The molecule has 1 atom stereocenters. The van der Waals surface area contributed by atoms with Crippen LogP contribution in [0.2, 0.25) is 0 Å². The van der Waals surface area contributed by atoms with E-state index in [4.69, 9.17) is 0 Å². The van der Waals surface area contributed by atoms with E-state index >= 15 is 0 Å². The lowest BCUT2D eigenvalue weighted by Gasteiger charge is -2.27. The maximum absolute atomic E-state index is 14.4. The van der Waals surface area contributed by atoms with Crippen LogP contribution < -0.4 is 5.32 Å². The van der Waals surface area contributed by atoms with E-state index in [1.54, 1.807) is 17.8 Å². The number of nitrogens with one attached hydrogen (secondary N) is 1. The van der Waals surface area contributed by atoms with Crippen LogP contribution in [-0.2, 0) is 10.0 Å². The average Bonchev–Trinajstić information content (AvgIpc) is 2.75. The zero-order valence-electron chi connectivity index (χ0n) is 16.2. The molecule has 0 aliphatic carbocycles. The zero-order chi connectivity index (χ0) is 21.3. The molecule has 1 fully saturated rings. The Kier molecular flexibility index (Phi) is 6.13. The van der Waals surface area contributed by atoms with E-state index in [0.29, 0.717) is 25.1 Å². The molecule has 1 amide bonds. The molecule has 2 aliphatic rings. The van der Waals surface area contributed by atoms with Crippen molar-refractivity contribution in [1.29, 1.82) is 0 Å².